The Labute approximate surface area is 231 Å². The van der Waals surface area contributed by atoms with Crippen LogP contribution in [0.3, 0.4) is 0 Å². The van der Waals surface area contributed by atoms with Crippen LogP contribution in [0.1, 0.15) is 5.56 Å². The first kappa shape index (κ1) is 27.1. The zero-order valence-electron chi connectivity index (χ0n) is 21.2. The lowest BCUT2D eigenvalue weighted by atomic mass is 10.1. The summed E-state index contributed by atoms with van der Waals surface area (Å²) in [4.78, 5) is 17.5. The quantitative estimate of drug-likeness (QED) is 0.303. The number of carbonyl (C=O) groups is 1. The molecule has 0 spiro atoms. The SMILES string of the molecule is O=C(NCCN1CCN(c2ccccc2F)CC1)C(Cc1ccccc1)NS(=O)(=O)c1cccc2nsnc12. The molecule has 0 saturated carbocycles. The van der Waals surface area contributed by atoms with Gasteiger partial charge in [-0.15, -0.1) is 0 Å². The van der Waals surface area contributed by atoms with Gasteiger partial charge in [-0.3, -0.25) is 9.69 Å². The molecule has 3 aromatic carbocycles. The molecular formula is C27H29FN6O3S2. The fourth-order valence-corrected chi connectivity index (χ4v) is 6.63. The van der Waals surface area contributed by atoms with E-state index in [1.165, 1.54) is 12.1 Å². The minimum atomic E-state index is -4.06. The van der Waals surface area contributed by atoms with Gasteiger partial charge in [-0.05, 0) is 36.2 Å². The van der Waals surface area contributed by atoms with Gasteiger partial charge >= 0.3 is 0 Å². The first-order valence-electron chi connectivity index (χ1n) is 12.7. The van der Waals surface area contributed by atoms with E-state index in [-0.39, 0.29) is 22.7 Å². The predicted octanol–water partition coefficient (Wildman–Crippen LogP) is 2.66. The van der Waals surface area contributed by atoms with Gasteiger partial charge in [0.25, 0.3) is 0 Å². The van der Waals surface area contributed by atoms with Crippen LogP contribution in [0.4, 0.5) is 10.1 Å². The molecule has 0 bridgehead atoms. The molecule has 4 aromatic rings. The highest BCUT2D eigenvalue weighted by molar-refractivity contribution is 7.89. The van der Waals surface area contributed by atoms with Gasteiger partial charge in [-0.1, -0.05) is 48.5 Å². The fourth-order valence-electron chi connectivity index (χ4n) is 4.67. The highest BCUT2D eigenvalue weighted by atomic mass is 32.2. The number of hydrogen-bond acceptors (Lipinski definition) is 8. The molecule has 1 atom stereocenters. The third kappa shape index (κ3) is 6.59. The number of halogens is 1. The maximum absolute atomic E-state index is 14.1. The molecule has 2 N–H and O–H groups in total. The van der Waals surface area contributed by atoms with E-state index in [2.05, 4.69) is 23.7 Å². The van der Waals surface area contributed by atoms with Crippen molar-refractivity contribution in [1.82, 2.24) is 23.7 Å². The molecular weight excluding hydrogens is 539 g/mol. The number of amides is 1. The van der Waals surface area contributed by atoms with E-state index in [4.69, 9.17) is 0 Å². The van der Waals surface area contributed by atoms with Crippen molar-refractivity contribution in [3.05, 3.63) is 84.2 Å². The summed E-state index contributed by atoms with van der Waals surface area (Å²) < 4.78 is 51.7. The fraction of sp³-hybridized carbons (Fsp3) is 0.296. The highest BCUT2D eigenvalue weighted by Crippen LogP contribution is 2.22. The minimum absolute atomic E-state index is 0.00710. The van der Waals surface area contributed by atoms with Crippen LogP contribution in [-0.2, 0) is 21.2 Å². The van der Waals surface area contributed by atoms with Crippen molar-refractivity contribution < 1.29 is 17.6 Å². The molecule has 1 fully saturated rings. The molecule has 1 aliphatic heterocycles. The number of sulfonamides is 1. The van der Waals surface area contributed by atoms with Gasteiger partial charge < -0.3 is 10.2 Å². The van der Waals surface area contributed by atoms with E-state index >= 15 is 0 Å². The Morgan fingerprint density at radius 3 is 2.46 bits per heavy atom. The number of hydrogen-bond donors (Lipinski definition) is 2. The van der Waals surface area contributed by atoms with Gasteiger partial charge in [0, 0.05) is 39.3 Å². The normalized spacial score (nSPS) is 15.4. The Morgan fingerprint density at radius 1 is 0.949 bits per heavy atom. The summed E-state index contributed by atoms with van der Waals surface area (Å²) in [6.45, 7) is 3.79. The standard InChI is InChI=1S/C27H29FN6O3S2/c28-21-9-4-5-11-24(21)34-17-15-33(16-18-34)14-13-29-27(35)23(19-20-7-2-1-3-8-20)32-39(36,37)25-12-6-10-22-26(25)31-38-30-22/h1-12,23,32H,13-19H2,(H,29,35). The number of para-hydroxylation sites is 1. The maximum atomic E-state index is 14.1. The average molecular weight is 569 g/mol. The molecule has 39 heavy (non-hydrogen) atoms. The van der Waals surface area contributed by atoms with Gasteiger partial charge in [-0.2, -0.15) is 13.5 Å². The Bertz CT molecular complexity index is 1520. The number of fused-ring (bicyclic) bond motifs is 1. The third-order valence-electron chi connectivity index (χ3n) is 6.73. The van der Waals surface area contributed by atoms with Crippen LogP contribution >= 0.6 is 11.7 Å². The number of rotatable bonds is 10. The lowest BCUT2D eigenvalue weighted by Gasteiger charge is -2.36. The van der Waals surface area contributed by atoms with Gasteiger partial charge in [0.05, 0.1) is 17.4 Å². The summed E-state index contributed by atoms with van der Waals surface area (Å²) in [5, 5.41) is 2.90. The number of piperazine rings is 1. The van der Waals surface area contributed by atoms with Gasteiger partial charge in [0.2, 0.25) is 15.9 Å². The van der Waals surface area contributed by atoms with Crippen molar-refractivity contribution in [2.75, 3.05) is 44.2 Å². The van der Waals surface area contributed by atoms with E-state index in [1.807, 2.05) is 41.3 Å². The summed E-state index contributed by atoms with van der Waals surface area (Å²) >= 11 is 0.937. The van der Waals surface area contributed by atoms with Crippen molar-refractivity contribution in [3.8, 4) is 0 Å². The monoisotopic (exact) mass is 568 g/mol. The smallest absolute Gasteiger partial charge is 0.243 e. The number of anilines is 1. The summed E-state index contributed by atoms with van der Waals surface area (Å²) in [5.41, 5.74) is 2.20. The van der Waals surface area contributed by atoms with E-state index in [0.717, 1.165) is 30.4 Å². The molecule has 9 nitrogen and oxygen atoms in total. The van der Waals surface area contributed by atoms with Gasteiger partial charge in [0.15, 0.2) is 0 Å². The van der Waals surface area contributed by atoms with E-state index in [0.29, 0.717) is 37.4 Å². The van der Waals surface area contributed by atoms with Crippen LogP contribution < -0.4 is 14.9 Å². The average Bonchev–Trinajstić information content (AvgIpc) is 3.43. The predicted molar refractivity (Wildman–Crippen MR) is 150 cm³/mol. The zero-order chi connectivity index (χ0) is 27.2. The summed E-state index contributed by atoms with van der Waals surface area (Å²) in [6.07, 6.45) is 0.193. The van der Waals surface area contributed by atoms with Gasteiger partial charge in [0.1, 0.15) is 27.8 Å². The highest BCUT2D eigenvalue weighted by Gasteiger charge is 2.28. The summed E-state index contributed by atoms with van der Waals surface area (Å²) in [7, 11) is -4.06. The minimum Gasteiger partial charge on any atom is -0.367 e. The molecule has 1 amide bonds. The van der Waals surface area contributed by atoms with Crippen LogP contribution in [0.2, 0.25) is 0 Å². The van der Waals surface area contributed by atoms with Crippen molar-refractivity contribution in [3.63, 3.8) is 0 Å². The maximum Gasteiger partial charge on any atom is 0.243 e. The molecule has 12 heteroatoms. The third-order valence-corrected chi connectivity index (χ3v) is 8.77. The second kappa shape index (κ2) is 12.2. The lowest BCUT2D eigenvalue weighted by molar-refractivity contribution is -0.122. The second-order valence-electron chi connectivity index (χ2n) is 9.32. The summed E-state index contributed by atoms with van der Waals surface area (Å²) in [6, 6.07) is 19.8. The van der Waals surface area contributed by atoms with Crippen LogP contribution in [0.15, 0.2) is 77.7 Å². The van der Waals surface area contributed by atoms with Crippen LogP contribution in [-0.4, -0.2) is 73.3 Å². The Hall–Kier alpha value is -3.45. The van der Waals surface area contributed by atoms with E-state index in [9.17, 15) is 17.6 Å². The first-order chi connectivity index (χ1) is 18.9. The lowest BCUT2D eigenvalue weighted by Crippen LogP contribution is -2.51. The zero-order valence-corrected chi connectivity index (χ0v) is 22.8. The van der Waals surface area contributed by atoms with Crippen molar-refractivity contribution in [1.29, 1.82) is 0 Å². The van der Waals surface area contributed by atoms with Crippen LogP contribution in [0.5, 0.6) is 0 Å². The number of carbonyl (C=O) groups excluding carboxylic acids is 1. The molecule has 2 heterocycles. The number of nitrogens with zero attached hydrogens (tertiary/aromatic N) is 4. The van der Waals surface area contributed by atoms with Gasteiger partial charge in [-0.25, -0.2) is 12.8 Å². The van der Waals surface area contributed by atoms with Crippen LogP contribution in [0.25, 0.3) is 11.0 Å². The molecule has 1 saturated heterocycles. The largest absolute Gasteiger partial charge is 0.367 e. The number of aromatic nitrogens is 2. The molecule has 0 aliphatic carbocycles. The Morgan fingerprint density at radius 2 is 1.69 bits per heavy atom. The van der Waals surface area contributed by atoms with Crippen molar-refractivity contribution in [2.45, 2.75) is 17.4 Å². The van der Waals surface area contributed by atoms with Crippen molar-refractivity contribution >= 4 is 44.4 Å². The molecule has 5 rings (SSSR count). The second-order valence-corrected chi connectivity index (χ2v) is 11.5. The summed E-state index contributed by atoms with van der Waals surface area (Å²) in [5.74, 6) is -0.636. The van der Waals surface area contributed by atoms with Crippen molar-refractivity contribution in [2.24, 2.45) is 0 Å². The topological polar surface area (TPSA) is 108 Å². The molecule has 204 valence electrons. The number of nitrogens with one attached hydrogen (secondary N) is 2. The molecule has 1 aromatic heterocycles. The Kier molecular flexibility index (Phi) is 8.46. The first-order valence-corrected chi connectivity index (χ1v) is 14.9. The number of benzene rings is 3. The van der Waals surface area contributed by atoms with E-state index < -0.39 is 22.0 Å². The van der Waals surface area contributed by atoms with Crippen LogP contribution in [0, 0.1) is 5.82 Å². The molecule has 1 aliphatic rings. The molecule has 1 unspecified atom stereocenters. The Balaban J connectivity index is 1.21. The van der Waals surface area contributed by atoms with E-state index in [1.54, 1.807) is 24.3 Å². The molecule has 0 radical (unpaired) electrons.